The Morgan fingerprint density at radius 1 is 1.17 bits per heavy atom. The molecule has 0 aliphatic rings. The predicted molar refractivity (Wildman–Crippen MR) is 118 cm³/mol. The highest BCUT2D eigenvalue weighted by Gasteiger charge is 2.20. The van der Waals surface area contributed by atoms with Gasteiger partial charge in [0.25, 0.3) is 5.91 Å². The van der Waals surface area contributed by atoms with Gasteiger partial charge in [0.15, 0.2) is 5.65 Å². The van der Waals surface area contributed by atoms with Crippen molar-refractivity contribution >= 4 is 34.2 Å². The Balaban J connectivity index is 1.67. The fourth-order valence-corrected chi connectivity index (χ4v) is 3.80. The van der Waals surface area contributed by atoms with Crippen molar-refractivity contribution < 1.29 is 4.79 Å². The maximum atomic E-state index is 12.8. The number of benzene rings is 1. The van der Waals surface area contributed by atoms with Gasteiger partial charge >= 0.3 is 0 Å². The topological polar surface area (TPSA) is 77.6 Å². The molecule has 3 aromatic heterocycles. The summed E-state index contributed by atoms with van der Waals surface area (Å²) in [6.07, 6.45) is 5.23. The normalized spacial score (nSPS) is 11.4. The molecule has 0 aliphatic carbocycles. The highest BCUT2D eigenvalue weighted by atomic mass is 35.5. The number of rotatable bonds is 5. The van der Waals surface area contributed by atoms with Crippen LogP contribution >= 0.6 is 11.6 Å². The molecule has 0 bridgehead atoms. The second-order valence-electron chi connectivity index (χ2n) is 7.59. The number of imidazole rings is 1. The molecular formula is C22H23ClN6O. The lowest BCUT2D eigenvalue weighted by atomic mass is 10.2. The summed E-state index contributed by atoms with van der Waals surface area (Å²) in [5.41, 5.74) is 3.49. The first-order valence-electron chi connectivity index (χ1n) is 9.76. The Morgan fingerprint density at radius 2 is 1.90 bits per heavy atom. The molecule has 154 valence electrons. The number of pyridine rings is 1. The SMILES string of the molecule is Cc1ccc(NC(=O)c2cnc3c(c(C)nn3Cc3nccn3C(C)C)c2Cl)cc1. The lowest BCUT2D eigenvalue weighted by molar-refractivity contribution is 0.102. The van der Waals surface area contributed by atoms with Gasteiger partial charge in [0.2, 0.25) is 0 Å². The van der Waals surface area contributed by atoms with Gasteiger partial charge < -0.3 is 9.88 Å². The van der Waals surface area contributed by atoms with E-state index < -0.39 is 0 Å². The fraction of sp³-hybridized carbons (Fsp3) is 0.273. The van der Waals surface area contributed by atoms with Gasteiger partial charge in [-0.15, -0.1) is 0 Å². The Hall–Kier alpha value is -3.19. The molecule has 0 radical (unpaired) electrons. The summed E-state index contributed by atoms with van der Waals surface area (Å²) in [6, 6.07) is 7.88. The first kappa shape index (κ1) is 20.1. The number of nitrogens with zero attached hydrogens (tertiary/aromatic N) is 5. The Bertz CT molecular complexity index is 1220. The van der Waals surface area contributed by atoms with E-state index in [1.165, 1.54) is 6.20 Å². The monoisotopic (exact) mass is 422 g/mol. The molecule has 0 saturated carbocycles. The van der Waals surface area contributed by atoms with Crippen molar-refractivity contribution in [2.24, 2.45) is 0 Å². The highest BCUT2D eigenvalue weighted by Crippen LogP contribution is 2.29. The number of fused-ring (bicyclic) bond motifs is 1. The van der Waals surface area contributed by atoms with Crippen molar-refractivity contribution in [3.05, 3.63) is 70.5 Å². The van der Waals surface area contributed by atoms with E-state index in [1.54, 1.807) is 10.9 Å². The van der Waals surface area contributed by atoms with E-state index in [1.807, 2.05) is 44.3 Å². The van der Waals surface area contributed by atoms with Gasteiger partial charge in [-0.25, -0.2) is 14.6 Å². The van der Waals surface area contributed by atoms with Crippen molar-refractivity contribution in [3.63, 3.8) is 0 Å². The predicted octanol–water partition coefficient (Wildman–Crippen LogP) is 4.78. The van der Waals surface area contributed by atoms with Crippen LogP contribution in [-0.4, -0.2) is 30.2 Å². The van der Waals surface area contributed by atoms with Crippen molar-refractivity contribution in [2.75, 3.05) is 5.32 Å². The van der Waals surface area contributed by atoms with E-state index in [4.69, 9.17) is 11.6 Å². The van der Waals surface area contributed by atoms with Crippen LogP contribution in [0.5, 0.6) is 0 Å². The van der Waals surface area contributed by atoms with Crippen LogP contribution in [0.2, 0.25) is 5.02 Å². The standard InChI is InChI=1S/C22H23ClN6O/c1-13(2)28-10-9-24-18(28)12-29-21-19(15(4)27-29)20(23)17(11-25-21)22(30)26-16-7-5-14(3)6-8-16/h5-11,13H,12H2,1-4H3,(H,26,30). The molecule has 1 N–H and O–H groups in total. The number of nitrogens with one attached hydrogen (secondary N) is 1. The number of carbonyl (C=O) groups is 1. The smallest absolute Gasteiger partial charge is 0.258 e. The minimum atomic E-state index is -0.305. The number of hydrogen-bond donors (Lipinski definition) is 1. The van der Waals surface area contributed by atoms with E-state index in [9.17, 15) is 4.79 Å². The van der Waals surface area contributed by atoms with Crippen LogP contribution in [0.3, 0.4) is 0 Å². The average Bonchev–Trinajstić information content (AvgIpc) is 3.29. The van der Waals surface area contributed by atoms with E-state index >= 15 is 0 Å². The van der Waals surface area contributed by atoms with E-state index in [-0.39, 0.29) is 5.91 Å². The van der Waals surface area contributed by atoms with Crippen LogP contribution in [0.15, 0.2) is 42.9 Å². The van der Waals surface area contributed by atoms with Gasteiger partial charge in [-0.1, -0.05) is 29.3 Å². The van der Waals surface area contributed by atoms with Crippen molar-refractivity contribution in [1.82, 2.24) is 24.3 Å². The molecule has 0 fully saturated rings. The van der Waals surface area contributed by atoms with Crippen molar-refractivity contribution in [1.29, 1.82) is 0 Å². The summed E-state index contributed by atoms with van der Waals surface area (Å²) in [6.45, 7) is 8.53. The zero-order chi connectivity index (χ0) is 21.4. The molecule has 7 nitrogen and oxygen atoms in total. The van der Waals surface area contributed by atoms with Crippen molar-refractivity contribution in [3.8, 4) is 0 Å². The molecule has 4 rings (SSSR count). The molecule has 3 heterocycles. The molecule has 1 amide bonds. The summed E-state index contributed by atoms with van der Waals surface area (Å²) < 4.78 is 3.87. The second kappa shape index (κ2) is 7.91. The van der Waals surface area contributed by atoms with Gasteiger partial charge in [0.05, 0.1) is 21.7 Å². The molecule has 8 heteroatoms. The summed E-state index contributed by atoms with van der Waals surface area (Å²) in [5, 5.41) is 8.50. The minimum Gasteiger partial charge on any atom is -0.331 e. The first-order chi connectivity index (χ1) is 14.3. The maximum Gasteiger partial charge on any atom is 0.258 e. The lowest BCUT2D eigenvalue weighted by Crippen LogP contribution is -2.14. The average molecular weight is 423 g/mol. The fourth-order valence-electron chi connectivity index (χ4n) is 3.45. The molecule has 0 spiro atoms. The molecular weight excluding hydrogens is 400 g/mol. The second-order valence-corrected chi connectivity index (χ2v) is 7.97. The number of amides is 1. The molecule has 30 heavy (non-hydrogen) atoms. The molecule has 0 atom stereocenters. The number of carbonyl (C=O) groups excluding carboxylic acids is 1. The Kier molecular flexibility index (Phi) is 5.30. The van der Waals surface area contributed by atoms with Crippen LogP contribution < -0.4 is 5.32 Å². The third-order valence-corrected chi connectivity index (χ3v) is 5.42. The van der Waals surface area contributed by atoms with E-state index in [0.29, 0.717) is 39.9 Å². The highest BCUT2D eigenvalue weighted by molar-refractivity contribution is 6.39. The summed E-state index contributed by atoms with van der Waals surface area (Å²) in [5.74, 6) is 0.578. The Morgan fingerprint density at radius 3 is 2.60 bits per heavy atom. The van der Waals surface area contributed by atoms with E-state index in [2.05, 4.69) is 38.8 Å². The van der Waals surface area contributed by atoms with Gasteiger partial charge in [-0.05, 0) is 39.8 Å². The molecule has 0 aliphatic heterocycles. The number of aromatic nitrogens is 5. The Labute approximate surface area is 179 Å². The van der Waals surface area contributed by atoms with Crippen LogP contribution in [0.4, 0.5) is 5.69 Å². The first-order valence-corrected chi connectivity index (χ1v) is 10.1. The van der Waals surface area contributed by atoms with Crippen LogP contribution in [0.1, 0.15) is 47.3 Å². The summed E-state index contributed by atoms with van der Waals surface area (Å²) >= 11 is 6.64. The van der Waals surface area contributed by atoms with E-state index in [0.717, 1.165) is 17.1 Å². The molecule has 0 saturated heterocycles. The largest absolute Gasteiger partial charge is 0.331 e. The number of halogens is 1. The van der Waals surface area contributed by atoms with Crippen LogP contribution in [0.25, 0.3) is 11.0 Å². The number of aryl methyl sites for hydroxylation is 2. The van der Waals surface area contributed by atoms with Gasteiger partial charge in [-0.2, -0.15) is 5.10 Å². The van der Waals surface area contributed by atoms with Gasteiger partial charge in [0.1, 0.15) is 12.4 Å². The quantitative estimate of drug-likeness (QED) is 0.502. The van der Waals surface area contributed by atoms with Crippen LogP contribution in [0, 0.1) is 13.8 Å². The van der Waals surface area contributed by atoms with Crippen molar-refractivity contribution in [2.45, 2.75) is 40.3 Å². The number of hydrogen-bond acceptors (Lipinski definition) is 4. The van der Waals surface area contributed by atoms with Crippen LogP contribution in [-0.2, 0) is 6.54 Å². The zero-order valence-electron chi connectivity index (χ0n) is 17.3. The molecule has 1 aromatic carbocycles. The minimum absolute atomic E-state index is 0.291. The maximum absolute atomic E-state index is 12.8. The summed E-state index contributed by atoms with van der Waals surface area (Å²) in [4.78, 5) is 21.7. The third-order valence-electron chi connectivity index (χ3n) is 5.02. The van der Waals surface area contributed by atoms with Gasteiger partial charge in [0, 0.05) is 30.3 Å². The molecule has 0 unspecified atom stereocenters. The number of anilines is 1. The zero-order valence-corrected chi connectivity index (χ0v) is 18.1. The lowest BCUT2D eigenvalue weighted by Gasteiger charge is -2.12. The third kappa shape index (κ3) is 3.68. The van der Waals surface area contributed by atoms with Gasteiger partial charge in [-0.3, -0.25) is 4.79 Å². The molecule has 4 aromatic rings. The summed E-state index contributed by atoms with van der Waals surface area (Å²) in [7, 11) is 0.